The first kappa shape index (κ1) is 14.8. The van der Waals surface area contributed by atoms with Gasteiger partial charge in [-0.05, 0) is 49.9 Å². The molecule has 0 radical (unpaired) electrons. The van der Waals surface area contributed by atoms with Crippen molar-refractivity contribution in [3.8, 4) is 0 Å². The molecule has 2 N–H and O–H groups in total. The Bertz CT molecular complexity index is 329. The van der Waals surface area contributed by atoms with E-state index in [1.807, 2.05) is 0 Å². The van der Waals surface area contributed by atoms with Gasteiger partial charge >= 0.3 is 5.97 Å². The molecule has 0 aliphatic heterocycles. The average Bonchev–Trinajstić information content (AvgIpc) is 2.47. The van der Waals surface area contributed by atoms with Crippen LogP contribution in [-0.2, 0) is 4.79 Å². The monoisotopic (exact) mass is 268 g/mol. The topological polar surface area (TPSA) is 57.5 Å². The minimum Gasteiger partial charge on any atom is -0.481 e. The van der Waals surface area contributed by atoms with Crippen LogP contribution in [0.3, 0.4) is 0 Å². The minimum absolute atomic E-state index is 0.0560. The number of carboxylic acids is 1. The van der Waals surface area contributed by atoms with Gasteiger partial charge in [-0.25, -0.2) is 0 Å². The van der Waals surface area contributed by atoms with E-state index in [2.05, 4.69) is 13.8 Å². The molecule has 110 valence electrons. The molecule has 2 aliphatic rings. The molecule has 0 spiro atoms. The van der Waals surface area contributed by atoms with E-state index in [1.54, 1.807) is 0 Å². The standard InChI is InChI=1S/C16H28O3/c1-15(2)10-12(6-7-13(17)11-15)16(14(18)19)8-4-3-5-9-16/h12-13,17H,3-11H2,1-2H3,(H,18,19)/t12-,13+/m1/s1. The number of hydrogen-bond donors (Lipinski definition) is 2. The fraction of sp³-hybridized carbons (Fsp3) is 0.938. The van der Waals surface area contributed by atoms with E-state index in [0.29, 0.717) is 0 Å². The van der Waals surface area contributed by atoms with Gasteiger partial charge in [0.15, 0.2) is 0 Å². The third kappa shape index (κ3) is 3.13. The molecular weight excluding hydrogens is 240 g/mol. The molecule has 0 bridgehead atoms. The summed E-state index contributed by atoms with van der Waals surface area (Å²) in [7, 11) is 0. The van der Waals surface area contributed by atoms with Crippen LogP contribution in [0.2, 0.25) is 0 Å². The van der Waals surface area contributed by atoms with E-state index in [-0.39, 0.29) is 17.4 Å². The molecule has 0 heterocycles. The number of aliphatic carboxylic acids is 1. The molecule has 3 nitrogen and oxygen atoms in total. The van der Waals surface area contributed by atoms with E-state index in [0.717, 1.165) is 51.4 Å². The van der Waals surface area contributed by atoms with Crippen molar-refractivity contribution >= 4 is 5.97 Å². The highest BCUT2D eigenvalue weighted by atomic mass is 16.4. The first-order valence-corrected chi connectivity index (χ1v) is 7.77. The summed E-state index contributed by atoms with van der Waals surface area (Å²) in [6.45, 7) is 4.35. The SMILES string of the molecule is CC1(C)C[C@@H](O)CC[C@@H](C2(C(=O)O)CCCCC2)C1. The van der Waals surface area contributed by atoms with Crippen LogP contribution < -0.4 is 0 Å². The summed E-state index contributed by atoms with van der Waals surface area (Å²) < 4.78 is 0. The van der Waals surface area contributed by atoms with Gasteiger partial charge in [-0.15, -0.1) is 0 Å². The van der Waals surface area contributed by atoms with Gasteiger partial charge in [-0.2, -0.15) is 0 Å². The number of aliphatic hydroxyl groups excluding tert-OH is 1. The quantitative estimate of drug-likeness (QED) is 0.752. The normalized spacial score (nSPS) is 34.5. The highest BCUT2D eigenvalue weighted by Gasteiger charge is 2.48. The smallest absolute Gasteiger partial charge is 0.309 e. The van der Waals surface area contributed by atoms with Gasteiger partial charge < -0.3 is 10.2 Å². The number of hydrogen-bond acceptors (Lipinski definition) is 2. The zero-order valence-electron chi connectivity index (χ0n) is 12.3. The fourth-order valence-corrected chi connectivity index (χ4v) is 4.44. The summed E-state index contributed by atoms with van der Waals surface area (Å²) in [4.78, 5) is 11.9. The van der Waals surface area contributed by atoms with Gasteiger partial charge in [0.1, 0.15) is 0 Å². The molecule has 3 heteroatoms. The first-order chi connectivity index (χ1) is 8.86. The summed E-state index contributed by atoms with van der Waals surface area (Å²) in [5.74, 6) is -0.359. The Kier molecular flexibility index (Phi) is 4.24. The van der Waals surface area contributed by atoms with Gasteiger partial charge in [0, 0.05) is 0 Å². The number of aliphatic hydroxyl groups is 1. The molecule has 0 unspecified atom stereocenters. The molecule has 2 fully saturated rings. The molecule has 2 aliphatic carbocycles. The van der Waals surface area contributed by atoms with Gasteiger partial charge in [0.25, 0.3) is 0 Å². The second kappa shape index (κ2) is 5.43. The Morgan fingerprint density at radius 3 is 2.26 bits per heavy atom. The van der Waals surface area contributed by atoms with Crippen LogP contribution in [0.5, 0.6) is 0 Å². The van der Waals surface area contributed by atoms with Crippen molar-refractivity contribution in [3.63, 3.8) is 0 Å². The van der Waals surface area contributed by atoms with E-state index in [4.69, 9.17) is 0 Å². The molecule has 0 saturated heterocycles. The highest BCUT2D eigenvalue weighted by Crippen LogP contribution is 2.51. The van der Waals surface area contributed by atoms with E-state index in [9.17, 15) is 15.0 Å². The summed E-state index contributed by atoms with van der Waals surface area (Å²) in [6.07, 6.45) is 8.06. The van der Waals surface area contributed by atoms with E-state index < -0.39 is 11.4 Å². The van der Waals surface area contributed by atoms with Crippen LogP contribution in [0.1, 0.15) is 71.6 Å². The van der Waals surface area contributed by atoms with Crippen molar-refractivity contribution in [2.75, 3.05) is 0 Å². The molecule has 19 heavy (non-hydrogen) atoms. The molecule has 2 atom stereocenters. The summed E-state index contributed by atoms with van der Waals surface area (Å²) in [6, 6.07) is 0. The predicted octanol–water partition coefficient (Wildman–Crippen LogP) is 3.60. The summed E-state index contributed by atoms with van der Waals surface area (Å²) >= 11 is 0. The molecule has 0 aromatic carbocycles. The average molecular weight is 268 g/mol. The molecular formula is C16H28O3. The first-order valence-electron chi connectivity index (χ1n) is 7.77. The molecule has 0 amide bonds. The van der Waals surface area contributed by atoms with Crippen LogP contribution in [-0.4, -0.2) is 22.3 Å². The Balaban J connectivity index is 2.23. The third-order valence-electron chi connectivity index (χ3n) is 5.39. The predicted molar refractivity (Wildman–Crippen MR) is 74.9 cm³/mol. The second-order valence-electron chi connectivity index (χ2n) is 7.52. The molecule has 2 saturated carbocycles. The van der Waals surface area contributed by atoms with Gasteiger partial charge in [-0.1, -0.05) is 33.1 Å². The van der Waals surface area contributed by atoms with Crippen LogP contribution in [0.4, 0.5) is 0 Å². The van der Waals surface area contributed by atoms with Gasteiger partial charge in [0.05, 0.1) is 11.5 Å². The lowest BCUT2D eigenvalue weighted by Crippen LogP contribution is -2.41. The second-order valence-corrected chi connectivity index (χ2v) is 7.52. The minimum atomic E-state index is -0.593. The van der Waals surface area contributed by atoms with Crippen molar-refractivity contribution in [3.05, 3.63) is 0 Å². The molecule has 2 rings (SSSR count). The molecule has 0 aromatic rings. The van der Waals surface area contributed by atoms with Crippen LogP contribution in [0, 0.1) is 16.7 Å². The van der Waals surface area contributed by atoms with E-state index in [1.165, 1.54) is 6.42 Å². The Hall–Kier alpha value is -0.570. The van der Waals surface area contributed by atoms with Crippen LogP contribution in [0.15, 0.2) is 0 Å². The lowest BCUT2D eigenvalue weighted by Gasteiger charge is -2.42. The van der Waals surface area contributed by atoms with Crippen molar-refractivity contribution in [1.82, 2.24) is 0 Å². The molecule has 0 aromatic heterocycles. The summed E-state index contributed by atoms with van der Waals surface area (Å²) in [5.41, 5.74) is -0.458. The maximum atomic E-state index is 11.9. The zero-order valence-corrected chi connectivity index (χ0v) is 12.3. The lowest BCUT2D eigenvalue weighted by molar-refractivity contribution is -0.156. The van der Waals surface area contributed by atoms with E-state index >= 15 is 0 Å². The lowest BCUT2D eigenvalue weighted by atomic mass is 9.61. The fourth-order valence-electron chi connectivity index (χ4n) is 4.44. The highest BCUT2D eigenvalue weighted by molar-refractivity contribution is 5.75. The number of carbonyl (C=O) groups is 1. The Morgan fingerprint density at radius 1 is 1.05 bits per heavy atom. The summed E-state index contributed by atoms with van der Waals surface area (Å²) in [5, 5.41) is 19.8. The largest absolute Gasteiger partial charge is 0.481 e. The number of carboxylic acid groups (broad SMARTS) is 1. The van der Waals surface area contributed by atoms with Crippen molar-refractivity contribution in [2.45, 2.75) is 77.7 Å². The van der Waals surface area contributed by atoms with Gasteiger partial charge in [-0.3, -0.25) is 4.79 Å². The van der Waals surface area contributed by atoms with Crippen molar-refractivity contribution in [1.29, 1.82) is 0 Å². The van der Waals surface area contributed by atoms with Crippen molar-refractivity contribution in [2.24, 2.45) is 16.7 Å². The van der Waals surface area contributed by atoms with Crippen LogP contribution in [0.25, 0.3) is 0 Å². The third-order valence-corrected chi connectivity index (χ3v) is 5.39. The zero-order chi connectivity index (χ0) is 14.1. The number of rotatable bonds is 2. The van der Waals surface area contributed by atoms with Gasteiger partial charge in [0.2, 0.25) is 0 Å². The Labute approximate surface area is 116 Å². The Morgan fingerprint density at radius 2 is 1.68 bits per heavy atom. The maximum absolute atomic E-state index is 11.9. The maximum Gasteiger partial charge on any atom is 0.309 e. The van der Waals surface area contributed by atoms with Crippen molar-refractivity contribution < 1.29 is 15.0 Å². The van der Waals surface area contributed by atoms with Crippen LogP contribution >= 0.6 is 0 Å².